The molecule has 1 saturated heterocycles. The molecule has 0 bridgehead atoms. The van der Waals surface area contributed by atoms with E-state index < -0.39 is 0 Å². The minimum absolute atomic E-state index is 0.306. The normalized spacial score (nSPS) is 27.5. The van der Waals surface area contributed by atoms with Crippen molar-refractivity contribution in [2.75, 3.05) is 26.3 Å². The van der Waals surface area contributed by atoms with Crippen molar-refractivity contribution in [3.8, 4) is 5.75 Å². The van der Waals surface area contributed by atoms with E-state index in [0.717, 1.165) is 44.0 Å². The molecule has 116 valence electrons. The molecule has 1 heterocycles. The smallest absolute Gasteiger partial charge is 0.119 e. The van der Waals surface area contributed by atoms with Crippen molar-refractivity contribution in [1.29, 1.82) is 0 Å². The van der Waals surface area contributed by atoms with Crippen molar-refractivity contribution in [2.45, 2.75) is 44.4 Å². The molecule has 1 aliphatic heterocycles. The number of hydrogen-bond acceptors (Lipinski definition) is 4. The maximum absolute atomic E-state index is 6.30. The molecule has 0 aromatic heterocycles. The Hall–Kier alpha value is -1.10. The third kappa shape index (κ3) is 3.76. The van der Waals surface area contributed by atoms with Gasteiger partial charge in [-0.05, 0) is 37.0 Å². The molecule has 1 aromatic carbocycles. The minimum Gasteiger partial charge on any atom is -0.489 e. The maximum Gasteiger partial charge on any atom is 0.119 e. The number of benzene rings is 1. The summed E-state index contributed by atoms with van der Waals surface area (Å²) in [7, 11) is 0. The number of nitrogens with zero attached hydrogens (tertiary/aromatic N) is 1. The molecule has 4 heteroatoms. The van der Waals surface area contributed by atoms with Crippen molar-refractivity contribution in [1.82, 2.24) is 4.90 Å². The lowest BCUT2D eigenvalue weighted by Crippen LogP contribution is -2.52. The van der Waals surface area contributed by atoms with Crippen LogP contribution >= 0.6 is 0 Å². The number of rotatable bonds is 4. The SMILES string of the molecule is NCc1ccc(OC2CCCCC2N2CCOCC2)cc1. The van der Waals surface area contributed by atoms with Crippen LogP contribution in [0.15, 0.2) is 24.3 Å². The van der Waals surface area contributed by atoms with Crippen LogP contribution in [0.3, 0.4) is 0 Å². The number of ether oxygens (including phenoxy) is 2. The largest absolute Gasteiger partial charge is 0.489 e. The average molecular weight is 290 g/mol. The summed E-state index contributed by atoms with van der Waals surface area (Å²) < 4.78 is 11.8. The third-order valence-corrected chi connectivity index (χ3v) is 4.63. The minimum atomic E-state index is 0.306. The first-order valence-corrected chi connectivity index (χ1v) is 8.14. The molecule has 3 rings (SSSR count). The molecule has 0 spiro atoms. The fourth-order valence-electron chi connectivity index (χ4n) is 3.42. The van der Waals surface area contributed by atoms with Gasteiger partial charge in [0, 0.05) is 25.7 Å². The van der Waals surface area contributed by atoms with Crippen LogP contribution in [0.25, 0.3) is 0 Å². The summed E-state index contributed by atoms with van der Waals surface area (Å²) in [6.45, 7) is 4.37. The van der Waals surface area contributed by atoms with E-state index in [-0.39, 0.29) is 0 Å². The van der Waals surface area contributed by atoms with E-state index in [2.05, 4.69) is 17.0 Å². The lowest BCUT2D eigenvalue weighted by atomic mass is 9.91. The number of nitrogens with two attached hydrogens (primary N) is 1. The lowest BCUT2D eigenvalue weighted by Gasteiger charge is -2.41. The van der Waals surface area contributed by atoms with E-state index in [4.69, 9.17) is 15.2 Å². The second kappa shape index (κ2) is 7.25. The molecular formula is C17H26N2O2. The van der Waals surface area contributed by atoms with Crippen LogP contribution in [0.2, 0.25) is 0 Å². The van der Waals surface area contributed by atoms with E-state index in [0.29, 0.717) is 18.7 Å². The maximum atomic E-state index is 6.30. The van der Waals surface area contributed by atoms with Gasteiger partial charge < -0.3 is 15.2 Å². The Morgan fingerprint density at radius 2 is 1.81 bits per heavy atom. The van der Waals surface area contributed by atoms with Gasteiger partial charge in [-0.25, -0.2) is 0 Å². The zero-order valence-corrected chi connectivity index (χ0v) is 12.7. The van der Waals surface area contributed by atoms with Crippen molar-refractivity contribution in [3.63, 3.8) is 0 Å². The molecule has 2 atom stereocenters. The standard InChI is InChI=1S/C17H26N2O2/c18-13-14-5-7-15(8-6-14)21-17-4-2-1-3-16(17)19-9-11-20-12-10-19/h5-8,16-17H,1-4,9-13,18H2. The highest BCUT2D eigenvalue weighted by Crippen LogP contribution is 2.28. The molecule has 1 aromatic rings. The molecule has 2 N–H and O–H groups in total. The highest BCUT2D eigenvalue weighted by molar-refractivity contribution is 5.27. The van der Waals surface area contributed by atoms with Crippen LogP contribution in [0.5, 0.6) is 5.75 Å². The van der Waals surface area contributed by atoms with Gasteiger partial charge in [-0.2, -0.15) is 0 Å². The predicted octanol–water partition coefficient (Wildman–Crippen LogP) is 2.17. The van der Waals surface area contributed by atoms with Crippen LogP contribution in [0, 0.1) is 0 Å². The van der Waals surface area contributed by atoms with Gasteiger partial charge in [-0.15, -0.1) is 0 Å². The third-order valence-electron chi connectivity index (χ3n) is 4.63. The second-order valence-electron chi connectivity index (χ2n) is 6.00. The van der Waals surface area contributed by atoms with E-state index in [1.54, 1.807) is 0 Å². The van der Waals surface area contributed by atoms with Gasteiger partial charge in [0.05, 0.1) is 13.2 Å². The summed E-state index contributed by atoms with van der Waals surface area (Å²) in [5.41, 5.74) is 6.79. The Morgan fingerprint density at radius 3 is 2.52 bits per heavy atom. The highest BCUT2D eigenvalue weighted by atomic mass is 16.5. The zero-order chi connectivity index (χ0) is 14.5. The van der Waals surface area contributed by atoms with Crippen LogP contribution in [0.4, 0.5) is 0 Å². The van der Waals surface area contributed by atoms with Gasteiger partial charge in [-0.3, -0.25) is 4.90 Å². The van der Waals surface area contributed by atoms with Gasteiger partial charge >= 0.3 is 0 Å². The molecule has 2 aliphatic rings. The molecule has 1 saturated carbocycles. The Kier molecular flexibility index (Phi) is 5.12. The summed E-state index contributed by atoms with van der Waals surface area (Å²) in [6.07, 6.45) is 5.28. The first-order valence-electron chi connectivity index (χ1n) is 8.14. The summed E-state index contributed by atoms with van der Waals surface area (Å²) in [5, 5.41) is 0. The zero-order valence-electron chi connectivity index (χ0n) is 12.7. The van der Waals surface area contributed by atoms with E-state index >= 15 is 0 Å². The lowest BCUT2D eigenvalue weighted by molar-refractivity contribution is -0.0281. The molecule has 1 aliphatic carbocycles. The van der Waals surface area contributed by atoms with E-state index in [1.807, 2.05) is 12.1 Å². The highest BCUT2D eigenvalue weighted by Gasteiger charge is 2.32. The van der Waals surface area contributed by atoms with Crippen LogP contribution < -0.4 is 10.5 Å². The quantitative estimate of drug-likeness (QED) is 0.923. The van der Waals surface area contributed by atoms with Crippen molar-refractivity contribution in [3.05, 3.63) is 29.8 Å². The van der Waals surface area contributed by atoms with Crippen molar-refractivity contribution in [2.24, 2.45) is 5.73 Å². The van der Waals surface area contributed by atoms with E-state index in [1.165, 1.54) is 19.3 Å². The fourth-order valence-corrected chi connectivity index (χ4v) is 3.42. The summed E-state index contributed by atoms with van der Waals surface area (Å²) in [5.74, 6) is 0.970. The Bertz CT molecular complexity index is 429. The van der Waals surface area contributed by atoms with Crippen LogP contribution in [-0.2, 0) is 11.3 Å². The molecule has 0 radical (unpaired) electrons. The van der Waals surface area contributed by atoms with E-state index in [9.17, 15) is 0 Å². The van der Waals surface area contributed by atoms with Gasteiger partial charge in [0.25, 0.3) is 0 Å². The first-order chi connectivity index (χ1) is 10.4. The first kappa shape index (κ1) is 14.8. The van der Waals surface area contributed by atoms with Crippen LogP contribution in [0.1, 0.15) is 31.2 Å². The molecule has 4 nitrogen and oxygen atoms in total. The molecule has 21 heavy (non-hydrogen) atoms. The van der Waals surface area contributed by atoms with Crippen molar-refractivity contribution < 1.29 is 9.47 Å². The Labute approximate surface area is 127 Å². The fraction of sp³-hybridized carbons (Fsp3) is 0.647. The topological polar surface area (TPSA) is 47.7 Å². The average Bonchev–Trinajstić information content (AvgIpc) is 2.57. The number of hydrogen-bond donors (Lipinski definition) is 1. The molecule has 0 amide bonds. The van der Waals surface area contributed by atoms with Gasteiger partial charge in [0.2, 0.25) is 0 Å². The molecular weight excluding hydrogens is 264 g/mol. The summed E-state index contributed by atoms with van der Waals surface area (Å²) >= 11 is 0. The summed E-state index contributed by atoms with van der Waals surface area (Å²) in [4.78, 5) is 2.56. The van der Waals surface area contributed by atoms with Gasteiger partial charge in [0.15, 0.2) is 0 Å². The monoisotopic (exact) mass is 290 g/mol. The Morgan fingerprint density at radius 1 is 1.10 bits per heavy atom. The predicted molar refractivity (Wildman–Crippen MR) is 83.4 cm³/mol. The van der Waals surface area contributed by atoms with Gasteiger partial charge in [-0.1, -0.05) is 18.6 Å². The second-order valence-corrected chi connectivity index (χ2v) is 6.00. The number of morpholine rings is 1. The van der Waals surface area contributed by atoms with Crippen LogP contribution in [-0.4, -0.2) is 43.3 Å². The van der Waals surface area contributed by atoms with Crippen molar-refractivity contribution >= 4 is 0 Å². The van der Waals surface area contributed by atoms with Gasteiger partial charge in [0.1, 0.15) is 11.9 Å². The Balaban J connectivity index is 1.65. The summed E-state index contributed by atoms with van der Waals surface area (Å²) in [6, 6.07) is 8.75. The molecule has 2 unspecified atom stereocenters. The molecule has 2 fully saturated rings.